The van der Waals surface area contributed by atoms with E-state index in [4.69, 9.17) is 9.47 Å². The third-order valence-electron chi connectivity index (χ3n) is 3.43. The summed E-state index contributed by atoms with van der Waals surface area (Å²) in [4.78, 5) is 24.0. The summed E-state index contributed by atoms with van der Waals surface area (Å²) in [6.07, 6.45) is 0.108. The van der Waals surface area contributed by atoms with Crippen molar-refractivity contribution in [2.24, 2.45) is 0 Å². The molecule has 0 saturated heterocycles. The van der Waals surface area contributed by atoms with Gasteiger partial charge in [-0.25, -0.2) is 9.59 Å². The van der Waals surface area contributed by atoms with Gasteiger partial charge in [-0.1, -0.05) is 42.8 Å². The highest BCUT2D eigenvalue weighted by Crippen LogP contribution is 2.10. The quantitative estimate of drug-likeness (QED) is 0.762. The Bertz CT molecular complexity index is 647. The Labute approximate surface area is 136 Å². The molecule has 2 aromatic carbocycles. The van der Waals surface area contributed by atoms with E-state index >= 15 is 0 Å². The van der Waals surface area contributed by atoms with E-state index in [0.29, 0.717) is 17.5 Å². The zero-order valence-electron chi connectivity index (χ0n) is 13.3. The van der Waals surface area contributed by atoms with Crippen molar-refractivity contribution in [3.05, 3.63) is 71.3 Å². The van der Waals surface area contributed by atoms with Crippen molar-refractivity contribution < 1.29 is 19.1 Å². The van der Waals surface area contributed by atoms with E-state index in [-0.39, 0.29) is 6.61 Å². The summed E-state index contributed by atoms with van der Waals surface area (Å²) in [5.74, 6) is -0.831. The number of esters is 2. The number of aryl methyl sites for hydroxylation is 1. The Kier molecular flexibility index (Phi) is 5.92. The van der Waals surface area contributed by atoms with Gasteiger partial charge in [-0.2, -0.15) is 0 Å². The number of hydrogen-bond acceptors (Lipinski definition) is 4. The topological polar surface area (TPSA) is 52.6 Å². The van der Waals surface area contributed by atoms with Crippen molar-refractivity contribution in [2.75, 3.05) is 6.61 Å². The van der Waals surface area contributed by atoms with E-state index in [1.807, 2.05) is 32.0 Å². The molecule has 0 fully saturated rings. The molecule has 1 unspecified atom stereocenters. The summed E-state index contributed by atoms with van der Waals surface area (Å²) in [5, 5.41) is 0. The van der Waals surface area contributed by atoms with Crippen LogP contribution in [0.3, 0.4) is 0 Å². The van der Waals surface area contributed by atoms with Gasteiger partial charge in [0.15, 0.2) is 0 Å². The normalized spacial score (nSPS) is 11.6. The van der Waals surface area contributed by atoms with E-state index in [1.54, 1.807) is 36.4 Å². The Balaban J connectivity index is 1.89. The van der Waals surface area contributed by atoms with Crippen LogP contribution in [0, 0.1) is 6.92 Å². The minimum Gasteiger partial charge on any atom is -0.458 e. The zero-order chi connectivity index (χ0) is 16.7. The van der Waals surface area contributed by atoms with Gasteiger partial charge >= 0.3 is 11.9 Å². The molecular formula is C19H20O4. The van der Waals surface area contributed by atoms with Gasteiger partial charge in [-0.15, -0.1) is 0 Å². The van der Waals surface area contributed by atoms with Crippen LogP contribution in [0.2, 0.25) is 0 Å². The predicted molar refractivity (Wildman–Crippen MR) is 87.4 cm³/mol. The molecule has 0 saturated carbocycles. The first-order valence-corrected chi connectivity index (χ1v) is 7.60. The number of benzene rings is 2. The first kappa shape index (κ1) is 16.7. The third-order valence-corrected chi connectivity index (χ3v) is 3.43. The van der Waals surface area contributed by atoms with Crippen LogP contribution in [-0.2, 0) is 9.47 Å². The molecule has 0 aliphatic carbocycles. The highest BCUT2D eigenvalue weighted by molar-refractivity contribution is 5.90. The molecule has 0 aromatic heterocycles. The summed E-state index contributed by atoms with van der Waals surface area (Å²) >= 11 is 0. The molecule has 23 heavy (non-hydrogen) atoms. The number of ether oxygens (including phenoxy) is 2. The van der Waals surface area contributed by atoms with Gasteiger partial charge in [0, 0.05) is 0 Å². The van der Waals surface area contributed by atoms with Crippen molar-refractivity contribution in [2.45, 2.75) is 26.4 Å². The van der Waals surface area contributed by atoms with E-state index in [0.717, 1.165) is 5.56 Å². The van der Waals surface area contributed by atoms with Gasteiger partial charge in [0.1, 0.15) is 12.7 Å². The molecule has 4 heteroatoms. The highest BCUT2D eigenvalue weighted by Gasteiger charge is 2.17. The Hall–Kier alpha value is -2.62. The fraction of sp³-hybridized carbons (Fsp3) is 0.263. The Morgan fingerprint density at radius 3 is 2.13 bits per heavy atom. The maximum absolute atomic E-state index is 12.1. The van der Waals surface area contributed by atoms with Gasteiger partial charge in [-0.05, 0) is 37.6 Å². The smallest absolute Gasteiger partial charge is 0.338 e. The van der Waals surface area contributed by atoms with Crippen molar-refractivity contribution in [3.63, 3.8) is 0 Å². The number of rotatable bonds is 6. The zero-order valence-corrected chi connectivity index (χ0v) is 13.3. The molecule has 1 atom stereocenters. The lowest BCUT2D eigenvalue weighted by atomic mass is 10.1. The average Bonchev–Trinajstić information content (AvgIpc) is 2.59. The lowest BCUT2D eigenvalue weighted by molar-refractivity contribution is -0.00145. The standard InChI is InChI=1S/C19H20O4/c1-3-17(13-22-18(20)15-7-5-4-6-8-15)23-19(21)16-11-9-14(2)10-12-16/h4-12,17H,3,13H2,1-2H3. The predicted octanol–water partition coefficient (Wildman–Crippen LogP) is 3.79. The minimum absolute atomic E-state index is 0.0435. The fourth-order valence-electron chi connectivity index (χ4n) is 1.97. The Morgan fingerprint density at radius 1 is 0.913 bits per heavy atom. The molecule has 4 nitrogen and oxygen atoms in total. The second-order valence-electron chi connectivity index (χ2n) is 5.27. The van der Waals surface area contributed by atoms with Crippen LogP contribution in [0.4, 0.5) is 0 Å². The van der Waals surface area contributed by atoms with Gasteiger partial charge in [-0.3, -0.25) is 0 Å². The molecule has 0 amide bonds. The summed E-state index contributed by atoms with van der Waals surface area (Å²) < 4.78 is 10.6. The third kappa shape index (κ3) is 4.95. The molecule has 2 rings (SSSR count). The van der Waals surface area contributed by atoms with Gasteiger partial charge in [0.05, 0.1) is 11.1 Å². The lowest BCUT2D eigenvalue weighted by Gasteiger charge is -2.16. The monoisotopic (exact) mass is 312 g/mol. The first-order chi connectivity index (χ1) is 11.1. The molecule has 2 aromatic rings. The molecule has 0 bridgehead atoms. The largest absolute Gasteiger partial charge is 0.458 e. The number of carbonyl (C=O) groups is 2. The summed E-state index contributed by atoms with van der Waals surface area (Å²) in [6.45, 7) is 3.87. The second kappa shape index (κ2) is 8.13. The molecule has 0 radical (unpaired) electrons. The van der Waals surface area contributed by atoms with Crippen molar-refractivity contribution in [1.82, 2.24) is 0 Å². The van der Waals surface area contributed by atoms with E-state index in [2.05, 4.69) is 0 Å². The molecule has 0 aliphatic heterocycles. The van der Waals surface area contributed by atoms with Gasteiger partial charge < -0.3 is 9.47 Å². The SMILES string of the molecule is CCC(COC(=O)c1ccccc1)OC(=O)c1ccc(C)cc1. The van der Waals surface area contributed by atoms with Gasteiger partial charge in [0.25, 0.3) is 0 Å². The Morgan fingerprint density at radius 2 is 1.52 bits per heavy atom. The molecule has 0 heterocycles. The summed E-state index contributed by atoms with van der Waals surface area (Å²) in [5.41, 5.74) is 2.04. The second-order valence-corrected chi connectivity index (χ2v) is 5.27. The summed E-state index contributed by atoms with van der Waals surface area (Å²) in [7, 11) is 0. The molecule has 0 aliphatic rings. The van der Waals surface area contributed by atoms with E-state index in [1.165, 1.54) is 0 Å². The van der Waals surface area contributed by atoms with Crippen molar-refractivity contribution >= 4 is 11.9 Å². The fourth-order valence-corrected chi connectivity index (χ4v) is 1.97. The maximum Gasteiger partial charge on any atom is 0.338 e. The van der Waals surface area contributed by atoms with Crippen LogP contribution in [-0.4, -0.2) is 24.6 Å². The van der Waals surface area contributed by atoms with E-state index < -0.39 is 18.0 Å². The van der Waals surface area contributed by atoms with Gasteiger partial charge in [0.2, 0.25) is 0 Å². The maximum atomic E-state index is 12.1. The average molecular weight is 312 g/mol. The van der Waals surface area contributed by atoms with Crippen LogP contribution in [0.5, 0.6) is 0 Å². The molecular weight excluding hydrogens is 292 g/mol. The van der Waals surface area contributed by atoms with Crippen LogP contribution in [0.15, 0.2) is 54.6 Å². The van der Waals surface area contributed by atoms with E-state index in [9.17, 15) is 9.59 Å². The minimum atomic E-state index is -0.462. The van der Waals surface area contributed by atoms with Crippen molar-refractivity contribution in [3.8, 4) is 0 Å². The number of carbonyl (C=O) groups excluding carboxylic acids is 2. The lowest BCUT2D eigenvalue weighted by Crippen LogP contribution is -2.24. The molecule has 120 valence electrons. The molecule has 0 N–H and O–H groups in total. The van der Waals surface area contributed by atoms with Crippen LogP contribution >= 0.6 is 0 Å². The van der Waals surface area contributed by atoms with Crippen LogP contribution < -0.4 is 0 Å². The first-order valence-electron chi connectivity index (χ1n) is 7.60. The van der Waals surface area contributed by atoms with Crippen LogP contribution in [0.25, 0.3) is 0 Å². The van der Waals surface area contributed by atoms with Crippen molar-refractivity contribution in [1.29, 1.82) is 0 Å². The highest BCUT2D eigenvalue weighted by atomic mass is 16.6. The molecule has 0 spiro atoms. The van der Waals surface area contributed by atoms with Crippen LogP contribution in [0.1, 0.15) is 39.6 Å². The summed E-state index contributed by atoms with van der Waals surface area (Å²) in [6, 6.07) is 15.9. The number of hydrogen-bond donors (Lipinski definition) is 0.